The van der Waals surface area contributed by atoms with Crippen molar-refractivity contribution in [2.45, 2.75) is 6.54 Å². The number of para-hydroxylation sites is 1. The lowest BCUT2D eigenvalue weighted by atomic mass is 10.1. The second-order valence-corrected chi connectivity index (χ2v) is 5.62. The van der Waals surface area contributed by atoms with Crippen LogP contribution in [0.1, 0.15) is 5.56 Å². The second-order valence-electron chi connectivity index (χ2n) is 4.77. The summed E-state index contributed by atoms with van der Waals surface area (Å²) >= 11 is 3.61. The van der Waals surface area contributed by atoms with Crippen LogP contribution in [0.4, 0.5) is 5.69 Å². The summed E-state index contributed by atoms with van der Waals surface area (Å²) in [7, 11) is 4.46. The first kappa shape index (κ1) is 12.3. The first-order valence-corrected chi connectivity index (χ1v) is 6.51. The van der Waals surface area contributed by atoms with Crippen molar-refractivity contribution in [2.75, 3.05) is 14.1 Å². The fraction of sp³-hybridized carbons (Fsp3) is 0.200. The van der Waals surface area contributed by atoms with Gasteiger partial charge in [-0.15, -0.1) is 0 Å². The van der Waals surface area contributed by atoms with Crippen molar-refractivity contribution >= 4 is 21.6 Å². The maximum atomic E-state index is 3.61. The van der Waals surface area contributed by atoms with Gasteiger partial charge in [-0.1, -0.05) is 52.3 Å². The number of hydrogen-bond donors (Lipinski definition) is 0. The quantitative estimate of drug-likeness (QED) is 0.743. The third-order valence-corrected chi connectivity index (χ3v) is 3.75. The Hall–Kier alpha value is -1.12. The van der Waals surface area contributed by atoms with E-state index in [0.717, 1.165) is 11.0 Å². The van der Waals surface area contributed by atoms with E-state index in [0.29, 0.717) is 0 Å². The predicted molar refractivity (Wildman–Crippen MR) is 77.9 cm³/mol. The summed E-state index contributed by atoms with van der Waals surface area (Å²) in [6, 6.07) is 19.0. The monoisotopic (exact) mass is 290 g/mol. The van der Waals surface area contributed by atoms with Crippen LogP contribution >= 0.6 is 15.9 Å². The molecule has 0 N–H and O–H groups in total. The van der Waals surface area contributed by atoms with Gasteiger partial charge in [0.2, 0.25) is 0 Å². The summed E-state index contributed by atoms with van der Waals surface area (Å²) in [6.07, 6.45) is 0. The van der Waals surface area contributed by atoms with Crippen molar-refractivity contribution in [2.24, 2.45) is 0 Å². The van der Waals surface area contributed by atoms with Gasteiger partial charge in [0.1, 0.15) is 12.2 Å². The van der Waals surface area contributed by atoms with Gasteiger partial charge < -0.3 is 0 Å². The molecule has 0 spiro atoms. The third kappa shape index (κ3) is 2.96. The number of benzene rings is 2. The van der Waals surface area contributed by atoms with Crippen LogP contribution in [0, 0.1) is 0 Å². The zero-order chi connectivity index (χ0) is 12.3. The Morgan fingerprint density at radius 3 is 2.12 bits per heavy atom. The van der Waals surface area contributed by atoms with Crippen molar-refractivity contribution in [3.05, 3.63) is 64.6 Å². The summed E-state index contributed by atoms with van der Waals surface area (Å²) in [5.74, 6) is 0. The molecule has 0 heterocycles. The molecular formula is C15H17BrN+. The largest absolute Gasteiger partial charge is 0.292 e. The molecule has 0 atom stereocenters. The van der Waals surface area contributed by atoms with Gasteiger partial charge in [-0.25, -0.2) is 0 Å². The van der Waals surface area contributed by atoms with Crippen molar-refractivity contribution < 1.29 is 0 Å². The van der Waals surface area contributed by atoms with E-state index >= 15 is 0 Å². The third-order valence-electron chi connectivity index (χ3n) is 2.98. The SMILES string of the molecule is C[N+](C)(Cc1ccccc1Br)c1ccccc1. The summed E-state index contributed by atoms with van der Waals surface area (Å²) < 4.78 is 2.03. The van der Waals surface area contributed by atoms with E-state index in [1.807, 2.05) is 0 Å². The van der Waals surface area contributed by atoms with Gasteiger partial charge in [0.25, 0.3) is 0 Å². The number of nitrogens with zero attached hydrogens (tertiary/aromatic N) is 1. The van der Waals surface area contributed by atoms with Crippen LogP contribution in [0.15, 0.2) is 59.1 Å². The number of rotatable bonds is 3. The number of hydrogen-bond acceptors (Lipinski definition) is 0. The molecule has 0 fully saturated rings. The molecule has 2 aromatic rings. The van der Waals surface area contributed by atoms with E-state index in [1.165, 1.54) is 15.7 Å². The molecule has 2 rings (SSSR count). The molecule has 0 unspecified atom stereocenters. The molecule has 0 aromatic heterocycles. The standard InChI is InChI=1S/C15H17BrN/c1-17(2,14-9-4-3-5-10-14)12-13-8-6-7-11-15(13)16/h3-11H,12H2,1-2H3/q+1. The van der Waals surface area contributed by atoms with Crippen molar-refractivity contribution in [3.63, 3.8) is 0 Å². The fourth-order valence-electron chi connectivity index (χ4n) is 1.98. The van der Waals surface area contributed by atoms with Crippen molar-refractivity contribution in [1.82, 2.24) is 4.48 Å². The maximum absolute atomic E-state index is 3.61. The Bertz CT molecular complexity index is 491. The lowest BCUT2D eigenvalue weighted by Crippen LogP contribution is -2.39. The molecule has 0 saturated carbocycles. The molecule has 2 heteroatoms. The highest BCUT2D eigenvalue weighted by Crippen LogP contribution is 2.25. The van der Waals surface area contributed by atoms with Crippen LogP contribution in [0.25, 0.3) is 0 Å². The average molecular weight is 291 g/mol. The van der Waals surface area contributed by atoms with Gasteiger partial charge in [-0.05, 0) is 18.2 Å². The predicted octanol–water partition coefficient (Wildman–Crippen LogP) is 4.22. The maximum Gasteiger partial charge on any atom is 0.132 e. The Balaban J connectivity index is 2.27. The van der Waals surface area contributed by atoms with Crippen LogP contribution < -0.4 is 4.48 Å². The summed E-state index contributed by atoms with van der Waals surface area (Å²) in [5, 5.41) is 0. The normalized spacial score (nSPS) is 11.5. The van der Waals surface area contributed by atoms with Gasteiger partial charge >= 0.3 is 0 Å². The van der Waals surface area contributed by atoms with Crippen LogP contribution in [0.5, 0.6) is 0 Å². The average Bonchev–Trinajstić information content (AvgIpc) is 2.33. The van der Waals surface area contributed by atoms with Crippen LogP contribution in [0.2, 0.25) is 0 Å². The highest BCUT2D eigenvalue weighted by atomic mass is 79.9. The minimum atomic E-state index is 0.851. The molecular weight excluding hydrogens is 274 g/mol. The first-order chi connectivity index (χ1) is 8.09. The van der Waals surface area contributed by atoms with E-state index in [9.17, 15) is 0 Å². The molecule has 0 radical (unpaired) electrons. The number of halogens is 1. The van der Waals surface area contributed by atoms with Crippen LogP contribution in [0.3, 0.4) is 0 Å². The first-order valence-electron chi connectivity index (χ1n) is 5.71. The Morgan fingerprint density at radius 1 is 0.882 bits per heavy atom. The zero-order valence-corrected chi connectivity index (χ0v) is 11.8. The Kier molecular flexibility index (Phi) is 3.65. The van der Waals surface area contributed by atoms with E-state index in [2.05, 4.69) is 84.6 Å². The van der Waals surface area contributed by atoms with Crippen molar-refractivity contribution in [3.8, 4) is 0 Å². The van der Waals surface area contributed by atoms with Gasteiger partial charge in [0.15, 0.2) is 0 Å². The minimum absolute atomic E-state index is 0.851. The van der Waals surface area contributed by atoms with Crippen LogP contribution in [-0.4, -0.2) is 14.1 Å². The molecule has 0 aliphatic rings. The molecule has 88 valence electrons. The molecule has 0 aliphatic carbocycles. The summed E-state index contributed by atoms with van der Waals surface area (Å²) in [6.45, 7) is 0.978. The van der Waals surface area contributed by atoms with Gasteiger partial charge in [0.05, 0.1) is 14.1 Å². The van der Waals surface area contributed by atoms with E-state index in [1.54, 1.807) is 0 Å². The Labute approximate surface area is 111 Å². The Morgan fingerprint density at radius 2 is 1.47 bits per heavy atom. The van der Waals surface area contributed by atoms with E-state index < -0.39 is 0 Å². The van der Waals surface area contributed by atoms with Crippen molar-refractivity contribution in [1.29, 1.82) is 0 Å². The molecule has 17 heavy (non-hydrogen) atoms. The molecule has 0 amide bonds. The van der Waals surface area contributed by atoms with Crippen LogP contribution in [-0.2, 0) is 6.54 Å². The highest BCUT2D eigenvalue weighted by Gasteiger charge is 2.19. The summed E-state index contributed by atoms with van der Waals surface area (Å²) in [5.41, 5.74) is 2.66. The topological polar surface area (TPSA) is 0 Å². The molecule has 2 aromatic carbocycles. The fourth-order valence-corrected chi connectivity index (χ4v) is 2.39. The lowest BCUT2D eigenvalue weighted by molar-refractivity contribution is 0.391. The number of quaternary nitrogens is 1. The smallest absolute Gasteiger partial charge is 0.132 e. The second kappa shape index (κ2) is 5.03. The highest BCUT2D eigenvalue weighted by molar-refractivity contribution is 9.10. The molecule has 0 saturated heterocycles. The lowest BCUT2D eigenvalue weighted by Gasteiger charge is -2.29. The summed E-state index contributed by atoms with van der Waals surface area (Å²) in [4.78, 5) is 0. The van der Waals surface area contributed by atoms with E-state index in [4.69, 9.17) is 0 Å². The van der Waals surface area contributed by atoms with E-state index in [-0.39, 0.29) is 0 Å². The zero-order valence-electron chi connectivity index (χ0n) is 10.2. The van der Waals surface area contributed by atoms with Gasteiger partial charge in [0, 0.05) is 10.0 Å². The van der Waals surface area contributed by atoms with Gasteiger partial charge in [-0.2, -0.15) is 0 Å². The van der Waals surface area contributed by atoms with Gasteiger partial charge in [-0.3, -0.25) is 4.48 Å². The molecule has 1 nitrogen and oxygen atoms in total. The minimum Gasteiger partial charge on any atom is -0.292 e. The molecule has 0 bridgehead atoms. The molecule has 0 aliphatic heterocycles.